The molecular weight excluding hydrogens is 241 g/mol. The Hall–Kier alpha value is -2.36. The van der Waals surface area contributed by atoms with Crippen LogP contribution in [0.4, 0.5) is 10.1 Å². The molecule has 2 aromatic carbocycles. The molecule has 0 aromatic heterocycles. The highest BCUT2D eigenvalue weighted by Gasteiger charge is 2.07. The quantitative estimate of drug-likeness (QED) is 0.639. The van der Waals surface area contributed by atoms with E-state index in [1.165, 1.54) is 12.1 Å². The molecule has 0 aliphatic heterocycles. The summed E-state index contributed by atoms with van der Waals surface area (Å²) in [7, 11) is 3.58. The van der Waals surface area contributed by atoms with Crippen molar-refractivity contribution in [3.8, 4) is 11.1 Å². The van der Waals surface area contributed by atoms with Crippen LogP contribution in [-0.2, 0) is 0 Å². The minimum atomic E-state index is -0.269. The fraction of sp³-hybridized carbons (Fsp3) is 0.133. The fourth-order valence-corrected chi connectivity index (χ4v) is 1.74. The molecule has 0 aliphatic carbocycles. The van der Waals surface area contributed by atoms with Crippen molar-refractivity contribution >= 4 is 11.6 Å². The Labute approximate surface area is 112 Å². The molecule has 4 heteroatoms. The summed E-state index contributed by atoms with van der Waals surface area (Å²) in [6, 6.07) is 14.0. The van der Waals surface area contributed by atoms with E-state index < -0.39 is 0 Å². The van der Waals surface area contributed by atoms with E-state index in [2.05, 4.69) is 5.32 Å². The highest BCUT2D eigenvalue weighted by Crippen LogP contribution is 2.28. The zero-order valence-corrected chi connectivity index (χ0v) is 10.9. The van der Waals surface area contributed by atoms with Crippen molar-refractivity contribution in [1.82, 2.24) is 4.90 Å². The normalized spacial score (nSPS) is 10.1. The smallest absolute Gasteiger partial charge is 0.195 e. The van der Waals surface area contributed by atoms with E-state index in [1.807, 2.05) is 30.3 Å². The van der Waals surface area contributed by atoms with E-state index in [0.717, 1.165) is 16.8 Å². The largest absolute Gasteiger partial charge is 0.349 e. The maximum atomic E-state index is 13.3. The summed E-state index contributed by atoms with van der Waals surface area (Å²) < 4.78 is 13.3. The highest BCUT2D eigenvalue weighted by atomic mass is 19.1. The van der Waals surface area contributed by atoms with E-state index in [9.17, 15) is 4.39 Å². The summed E-state index contributed by atoms with van der Waals surface area (Å²) >= 11 is 0. The van der Waals surface area contributed by atoms with Crippen LogP contribution in [0.2, 0.25) is 0 Å². The molecule has 0 saturated heterocycles. The van der Waals surface area contributed by atoms with Crippen molar-refractivity contribution in [2.24, 2.45) is 0 Å². The van der Waals surface area contributed by atoms with Gasteiger partial charge < -0.3 is 10.2 Å². The van der Waals surface area contributed by atoms with E-state index in [-0.39, 0.29) is 11.8 Å². The number of hydrogen-bond acceptors (Lipinski definition) is 1. The lowest BCUT2D eigenvalue weighted by Crippen LogP contribution is -2.28. The van der Waals surface area contributed by atoms with Gasteiger partial charge >= 0.3 is 0 Å². The monoisotopic (exact) mass is 257 g/mol. The van der Waals surface area contributed by atoms with Gasteiger partial charge in [0, 0.05) is 25.3 Å². The molecule has 0 saturated carbocycles. The summed E-state index contributed by atoms with van der Waals surface area (Å²) in [5.41, 5.74) is 2.44. The summed E-state index contributed by atoms with van der Waals surface area (Å²) in [6.45, 7) is 0. The predicted octanol–water partition coefficient (Wildman–Crippen LogP) is 3.40. The van der Waals surface area contributed by atoms with Gasteiger partial charge in [0.2, 0.25) is 0 Å². The van der Waals surface area contributed by atoms with Crippen LogP contribution in [0, 0.1) is 11.2 Å². The van der Waals surface area contributed by atoms with Gasteiger partial charge in [-0.2, -0.15) is 0 Å². The Kier molecular flexibility index (Phi) is 3.80. The van der Waals surface area contributed by atoms with Crippen LogP contribution in [0.5, 0.6) is 0 Å². The van der Waals surface area contributed by atoms with Crippen molar-refractivity contribution < 1.29 is 4.39 Å². The van der Waals surface area contributed by atoms with Gasteiger partial charge in [0.1, 0.15) is 5.82 Å². The minimum Gasteiger partial charge on any atom is -0.349 e. The molecule has 0 radical (unpaired) electrons. The Bertz CT molecular complexity index is 593. The van der Waals surface area contributed by atoms with Crippen molar-refractivity contribution in [2.75, 3.05) is 19.4 Å². The first-order valence-corrected chi connectivity index (χ1v) is 5.96. The number of halogens is 1. The number of nitrogens with zero attached hydrogens (tertiary/aromatic N) is 1. The van der Waals surface area contributed by atoms with Crippen LogP contribution in [0.1, 0.15) is 0 Å². The number of para-hydroxylation sites is 1. The second kappa shape index (κ2) is 5.52. The summed E-state index contributed by atoms with van der Waals surface area (Å²) in [5.74, 6) is 0.0128. The first-order chi connectivity index (χ1) is 9.08. The van der Waals surface area contributed by atoms with Crippen LogP contribution in [0.25, 0.3) is 11.1 Å². The molecule has 0 aliphatic rings. The molecule has 2 aromatic rings. The van der Waals surface area contributed by atoms with Gasteiger partial charge in [-0.15, -0.1) is 0 Å². The number of nitrogens with one attached hydrogen (secondary N) is 2. The molecule has 3 nitrogen and oxygen atoms in total. The van der Waals surface area contributed by atoms with E-state index in [1.54, 1.807) is 25.1 Å². The molecule has 0 atom stereocenters. The van der Waals surface area contributed by atoms with Crippen LogP contribution < -0.4 is 5.32 Å². The van der Waals surface area contributed by atoms with Crippen LogP contribution in [0.3, 0.4) is 0 Å². The molecule has 0 unspecified atom stereocenters. The molecule has 0 fully saturated rings. The number of rotatable bonds is 2. The molecule has 0 heterocycles. The SMILES string of the molecule is CN(C)C(=N)Nc1ccccc1-c1cccc(F)c1. The zero-order valence-electron chi connectivity index (χ0n) is 10.9. The average Bonchev–Trinajstić information content (AvgIpc) is 2.39. The standard InChI is InChI=1S/C15H16FN3/c1-19(2)15(17)18-14-9-4-3-8-13(14)11-6-5-7-12(16)10-11/h3-10H,1-2H3,(H2,17,18). The van der Waals surface area contributed by atoms with Crippen molar-refractivity contribution in [1.29, 1.82) is 5.41 Å². The lowest BCUT2D eigenvalue weighted by atomic mass is 10.0. The van der Waals surface area contributed by atoms with Gasteiger partial charge in [-0.25, -0.2) is 4.39 Å². The van der Waals surface area contributed by atoms with Crippen LogP contribution in [-0.4, -0.2) is 25.0 Å². The van der Waals surface area contributed by atoms with Gasteiger partial charge in [-0.3, -0.25) is 5.41 Å². The molecule has 2 N–H and O–H groups in total. The maximum absolute atomic E-state index is 13.3. The topological polar surface area (TPSA) is 39.1 Å². The second-order valence-corrected chi connectivity index (χ2v) is 4.42. The first kappa shape index (κ1) is 13.1. The van der Waals surface area contributed by atoms with Crippen LogP contribution in [0.15, 0.2) is 48.5 Å². The van der Waals surface area contributed by atoms with Gasteiger partial charge in [0.15, 0.2) is 5.96 Å². The predicted molar refractivity (Wildman–Crippen MR) is 76.9 cm³/mol. The third kappa shape index (κ3) is 3.10. The molecule has 19 heavy (non-hydrogen) atoms. The zero-order chi connectivity index (χ0) is 13.8. The summed E-state index contributed by atoms with van der Waals surface area (Å²) in [5, 5.41) is 10.8. The summed E-state index contributed by atoms with van der Waals surface area (Å²) in [4.78, 5) is 1.67. The Balaban J connectivity index is 2.39. The van der Waals surface area contributed by atoms with E-state index in [4.69, 9.17) is 5.41 Å². The van der Waals surface area contributed by atoms with Crippen molar-refractivity contribution in [3.05, 3.63) is 54.3 Å². The Morgan fingerprint density at radius 3 is 2.53 bits per heavy atom. The summed E-state index contributed by atoms with van der Waals surface area (Å²) in [6.07, 6.45) is 0. The third-order valence-corrected chi connectivity index (χ3v) is 2.76. The Morgan fingerprint density at radius 1 is 1.11 bits per heavy atom. The highest BCUT2D eigenvalue weighted by molar-refractivity contribution is 5.95. The number of anilines is 1. The number of guanidine groups is 1. The minimum absolute atomic E-state index is 0.269. The first-order valence-electron chi connectivity index (χ1n) is 5.96. The van der Waals surface area contributed by atoms with Gasteiger partial charge in [-0.1, -0.05) is 30.3 Å². The second-order valence-electron chi connectivity index (χ2n) is 4.42. The fourth-order valence-electron chi connectivity index (χ4n) is 1.74. The van der Waals surface area contributed by atoms with Gasteiger partial charge in [0.05, 0.1) is 0 Å². The molecule has 98 valence electrons. The molecular formula is C15H16FN3. The average molecular weight is 257 g/mol. The van der Waals surface area contributed by atoms with E-state index >= 15 is 0 Å². The lowest BCUT2D eigenvalue weighted by Gasteiger charge is -2.17. The van der Waals surface area contributed by atoms with E-state index in [0.29, 0.717) is 0 Å². The van der Waals surface area contributed by atoms with Crippen molar-refractivity contribution in [2.45, 2.75) is 0 Å². The van der Waals surface area contributed by atoms with Crippen LogP contribution >= 0.6 is 0 Å². The lowest BCUT2D eigenvalue weighted by molar-refractivity contribution is 0.616. The molecule has 0 amide bonds. The number of benzene rings is 2. The molecule has 0 bridgehead atoms. The third-order valence-electron chi connectivity index (χ3n) is 2.76. The van der Waals surface area contributed by atoms with Gasteiger partial charge in [0.25, 0.3) is 0 Å². The Morgan fingerprint density at radius 2 is 1.84 bits per heavy atom. The number of hydrogen-bond donors (Lipinski definition) is 2. The van der Waals surface area contributed by atoms with Crippen molar-refractivity contribution in [3.63, 3.8) is 0 Å². The molecule has 2 rings (SSSR count). The van der Waals surface area contributed by atoms with Gasteiger partial charge in [-0.05, 0) is 23.8 Å². The maximum Gasteiger partial charge on any atom is 0.195 e. The molecule has 0 spiro atoms.